The number of aryl methyl sites for hydroxylation is 1. The molecule has 0 atom stereocenters. The first-order chi connectivity index (χ1) is 9.76. The molecule has 6 nitrogen and oxygen atoms in total. The molecule has 0 aliphatic carbocycles. The molecule has 0 fully saturated rings. The van der Waals surface area contributed by atoms with Crippen LogP contribution in [0.15, 0.2) is 24.5 Å². The molecule has 1 aromatic heterocycles. The average molecular weight is 275 g/mol. The van der Waals surface area contributed by atoms with Gasteiger partial charge in [0.25, 0.3) is 0 Å². The van der Waals surface area contributed by atoms with Crippen molar-refractivity contribution in [3.8, 4) is 17.2 Å². The summed E-state index contributed by atoms with van der Waals surface area (Å²) in [6.45, 7) is 1.28. The van der Waals surface area contributed by atoms with E-state index in [0.29, 0.717) is 18.9 Å². The van der Waals surface area contributed by atoms with Crippen LogP contribution in [0.3, 0.4) is 0 Å². The third-order valence-electron chi connectivity index (χ3n) is 3.12. The molecule has 2 N–H and O–H groups in total. The zero-order valence-electron chi connectivity index (χ0n) is 11.3. The van der Waals surface area contributed by atoms with Crippen LogP contribution in [0.1, 0.15) is 11.1 Å². The van der Waals surface area contributed by atoms with E-state index >= 15 is 0 Å². The second-order valence-electron chi connectivity index (χ2n) is 4.66. The van der Waals surface area contributed by atoms with Gasteiger partial charge in [-0.25, -0.2) is 0 Å². The largest absolute Gasteiger partial charge is 0.488 e. The van der Waals surface area contributed by atoms with Crippen molar-refractivity contribution in [2.45, 2.75) is 13.0 Å². The number of fused-ring (bicyclic) bond motifs is 1. The van der Waals surface area contributed by atoms with Gasteiger partial charge in [-0.2, -0.15) is 5.10 Å². The highest BCUT2D eigenvalue weighted by Gasteiger charge is 2.18. The Labute approximate surface area is 117 Å². The Morgan fingerprint density at radius 2 is 2.15 bits per heavy atom. The summed E-state index contributed by atoms with van der Waals surface area (Å²) in [5, 5.41) is 4.12. The van der Waals surface area contributed by atoms with Crippen molar-refractivity contribution in [1.82, 2.24) is 9.78 Å². The van der Waals surface area contributed by atoms with E-state index in [1.165, 1.54) is 0 Å². The van der Waals surface area contributed by atoms with E-state index in [9.17, 15) is 0 Å². The maximum absolute atomic E-state index is 5.87. The average Bonchev–Trinajstić information content (AvgIpc) is 3.04. The molecule has 0 radical (unpaired) electrons. The summed E-state index contributed by atoms with van der Waals surface area (Å²) in [6.07, 6.45) is 4.45. The van der Waals surface area contributed by atoms with Gasteiger partial charge < -0.3 is 19.9 Å². The van der Waals surface area contributed by atoms with Crippen LogP contribution in [0, 0.1) is 0 Å². The number of benzene rings is 1. The van der Waals surface area contributed by atoms with Gasteiger partial charge in [-0.15, -0.1) is 0 Å². The third kappa shape index (κ3) is 2.55. The van der Waals surface area contributed by atoms with E-state index in [1.54, 1.807) is 10.9 Å². The maximum Gasteiger partial charge on any atom is 0.231 e. The Morgan fingerprint density at radius 1 is 1.35 bits per heavy atom. The van der Waals surface area contributed by atoms with Crippen LogP contribution >= 0.6 is 0 Å². The van der Waals surface area contributed by atoms with Gasteiger partial charge in [0.2, 0.25) is 6.79 Å². The van der Waals surface area contributed by atoms with E-state index < -0.39 is 0 Å². The minimum absolute atomic E-state index is 0.253. The summed E-state index contributed by atoms with van der Waals surface area (Å²) in [4.78, 5) is 0. The number of hydrogen-bond acceptors (Lipinski definition) is 5. The highest BCUT2D eigenvalue weighted by Crippen LogP contribution is 2.38. The molecular formula is C14H17N3O3. The SMILES string of the molecule is Cn1cc(COc2cc3c(cc2CCN)OCO3)cn1. The summed E-state index contributed by atoms with van der Waals surface area (Å²) in [5.74, 6) is 2.25. The van der Waals surface area contributed by atoms with E-state index in [2.05, 4.69) is 5.10 Å². The Bertz CT molecular complexity index is 610. The summed E-state index contributed by atoms with van der Waals surface area (Å²) >= 11 is 0. The fraction of sp³-hybridized carbons (Fsp3) is 0.357. The van der Waals surface area contributed by atoms with E-state index in [0.717, 1.165) is 29.0 Å². The van der Waals surface area contributed by atoms with Gasteiger partial charge in [0.1, 0.15) is 12.4 Å². The fourth-order valence-electron chi connectivity index (χ4n) is 2.16. The van der Waals surface area contributed by atoms with Crippen LogP contribution in [0.4, 0.5) is 0 Å². The van der Waals surface area contributed by atoms with Gasteiger partial charge in [-0.05, 0) is 24.6 Å². The summed E-state index contributed by atoms with van der Waals surface area (Å²) in [7, 11) is 1.88. The van der Waals surface area contributed by atoms with E-state index in [1.807, 2.05) is 25.4 Å². The lowest BCUT2D eigenvalue weighted by Gasteiger charge is -2.11. The molecule has 6 heteroatoms. The molecule has 0 amide bonds. The lowest BCUT2D eigenvalue weighted by Crippen LogP contribution is -2.05. The quantitative estimate of drug-likeness (QED) is 0.888. The molecule has 20 heavy (non-hydrogen) atoms. The summed E-state index contributed by atoms with van der Waals surface area (Å²) < 4.78 is 18.4. The molecular weight excluding hydrogens is 258 g/mol. The molecule has 1 aliphatic heterocycles. The van der Waals surface area contributed by atoms with Crippen molar-refractivity contribution in [2.75, 3.05) is 13.3 Å². The first-order valence-corrected chi connectivity index (χ1v) is 6.49. The number of ether oxygens (including phenoxy) is 3. The molecule has 3 rings (SSSR count). The molecule has 2 aromatic rings. The molecule has 0 saturated heterocycles. The lowest BCUT2D eigenvalue weighted by molar-refractivity contribution is 0.173. The van der Waals surface area contributed by atoms with Crippen LogP contribution in [-0.4, -0.2) is 23.1 Å². The Kier molecular flexibility index (Phi) is 3.47. The predicted molar refractivity (Wildman–Crippen MR) is 72.9 cm³/mol. The molecule has 106 valence electrons. The van der Waals surface area contributed by atoms with Crippen molar-refractivity contribution in [3.63, 3.8) is 0 Å². The van der Waals surface area contributed by atoms with Crippen molar-refractivity contribution >= 4 is 0 Å². The fourth-order valence-corrected chi connectivity index (χ4v) is 2.16. The Balaban J connectivity index is 1.80. The minimum Gasteiger partial charge on any atom is -0.488 e. The van der Waals surface area contributed by atoms with Crippen LogP contribution in [0.25, 0.3) is 0 Å². The monoisotopic (exact) mass is 275 g/mol. The highest BCUT2D eigenvalue weighted by molar-refractivity contribution is 5.52. The number of rotatable bonds is 5. The van der Waals surface area contributed by atoms with Crippen LogP contribution in [0.5, 0.6) is 17.2 Å². The zero-order chi connectivity index (χ0) is 13.9. The number of hydrogen-bond donors (Lipinski definition) is 1. The van der Waals surface area contributed by atoms with Gasteiger partial charge in [-0.1, -0.05) is 0 Å². The van der Waals surface area contributed by atoms with Crippen molar-refractivity contribution in [2.24, 2.45) is 12.8 Å². The van der Waals surface area contributed by atoms with E-state index in [4.69, 9.17) is 19.9 Å². The number of nitrogens with zero attached hydrogens (tertiary/aromatic N) is 2. The first kappa shape index (κ1) is 12.8. The van der Waals surface area contributed by atoms with Gasteiger partial charge in [0.15, 0.2) is 11.5 Å². The standard InChI is InChI=1S/C14H17N3O3/c1-17-7-10(6-16-17)8-18-12-5-14-13(19-9-20-14)4-11(12)2-3-15/h4-7H,2-3,8-9,15H2,1H3. The lowest BCUT2D eigenvalue weighted by atomic mass is 10.1. The molecule has 0 saturated carbocycles. The molecule has 1 aliphatic rings. The summed E-state index contributed by atoms with van der Waals surface area (Å²) in [5.41, 5.74) is 7.69. The first-order valence-electron chi connectivity index (χ1n) is 6.49. The topological polar surface area (TPSA) is 71.5 Å². The normalized spacial score (nSPS) is 12.7. The van der Waals surface area contributed by atoms with E-state index in [-0.39, 0.29) is 6.79 Å². The van der Waals surface area contributed by atoms with Crippen LogP contribution in [0.2, 0.25) is 0 Å². The second-order valence-corrected chi connectivity index (χ2v) is 4.66. The van der Waals surface area contributed by atoms with Gasteiger partial charge in [0.05, 0.1) is 6.20 Å². The highest BCUT2D eigenvalue weighted by atomic mass is 16.7. The Morgan fingerprint density at radius 3 is 2.85 bits per heavy atom. The van der Waals surface area contributed by atoms with Gasteiger partial charge in [-0.3, -0.25) is 4.68 Å². The number of aromatic nitrogens is 2. The van der Waals surface area contributed by atoms with Gasteiger partial charge in [0, 0.05) is 24.9 Å². The molecule has 1 aromatic carbocycles. The van der Waals surface area contributed by atoms with Crippen LogP contribution < -0.4 is 19.9 Å². The zero-order valence-corrected chi connectivity index (χ0v) is 11.3. The van der Waals surface area contributed by atoms with Crippen molar-refractivity contribution < 1.29 is 14.2 Å². The smallest absolute Gasteiger partial charge is 0.231 e. The summed E-state index contributed by atoms with van der Waals surface area (Å²) in [6, 6.07) is 3.80. The van der Waals surface area contributed by atoms with Gasteiger partial charge >= 0.3 is 0 Å². The molecule has 2 heterocycles. The second kappa shape index (κ2) is 5.42. The molecule has 0 unspecified atom stereocenters. The van der Waals surface area contributed by atoms with Crippen molar-refractivity contribution in [1.29, 1.82) is 0 Å². The molecule has 0 spiro atoms. The van der Waals surface area contributed by atoms with Crippen LogP contribution in [-0.2, 0) is 20.1 Å². The number of nitrogens with two attached hydrogens (primary N) is 1. The molecule has 0 bridgehead atoms. The Hall–Kier alpha value is -2.21. The minimum atomic E-state index is 0.253. The predicted octanol–water partition coefficient (Wildman–Crippen LogP) is 1.23. The third-order valence-corrected chi connectivity index (χ3v) is 3.12. The maximum atomic E-state index is 5.87. The van der Waals surface area contributed by atoms with Crippen molar-refractivity contribution in [3.05, 3.63) is 35.7 Å².